The molecule has 0 aliphatic rings. The molecule has 1 N–H and O–H groups in total. The third kappa shape index (κ3) is 2.94. The second-order valence-corrected chi connectivity index (χ2v) is 3.16. The van der Waals surface area contributed by atoms with E-state index in [-0.39, 0.29) is 0 Å². The van der Waals surface area contributed by atoms with Crippen molar-refractivity contribution in [2.24, 2.45) is 0 Å². The normalized spacial score (nSPS) is 10.4. The van der Waals surface area contributed by atoms with Gasteiger partial charge in [0.1, 0.15) is 0 Å². The minimum atomic E-state index is -0.930. The first-order valence-corrected chi connectivity index (χ1v) is 4.28. The summed E-state index contributed by atoms with van der Waals surface area (Å²) in [7, 11) is 3.89. The number of hydrogen-bond acceptors (Lipinski definition) is 2. The number of carbonyl (C=O) groups is 1. The molecule has 74 valence electrons. The molecule has 0 radical (unpaired) electrons. The minimum absolute atomic E-state index is 0.888. The average Bonchev–Trinajstić information content (AvgIpc) is 2.15. The Morgan fingerprint density at radius 3 is 2.71 bits per heavy atom. The summed E-state index contributed by atoms with van der Waals surface area (Å²) >= 11 is 0. The Kier molecular flexibility index (Phi) is 3.29. The highest BCUT2D eigenvalue weighted by Gasteiger charge is 1.95. The molecule has 0 fully saturated rings. The fourth-order valence-corrected chi connectivity index (χ4v) is 1.07. The first-order valence-electron chi connectivity index (χ1n) is 4.28. The van der Waals surface area contributed by atoms with Crippen LogP contribution in [-0.2, 0) is 4.79 Å². The molecule has 0 aliphatic carbocycles. The summed E-state index contributed by atoms with van der Waals surface area (Å²) in [5, 5.41) is 8.46. The van der Waals surface area contributed by atoms with E-state index in [1.165, 1.54) is 0 Å². The SMILES string of the molecule is CN(C)c1cccc(C=CC(=O)O)c1. The number of carboxylic acid groups (broad SMARTS) is 1. The summed E-state index contributed by atoms with van der Waals surface area (Å²) in [6, 6.07) is 7.67. The fraction of sp³-hybridized carbons (Fsp3) is 0.182. The van der Waals surface area contributed by atoms with Crippen LogP contribution in [0.5, 0.6) is 0 Å². The summed E-state index contributed by atoms with van der Waals surface area (Å²) in [4.78, 5) is 12.3. The van der Waals surface area contributed by atoms with Crippen molar-refractivity contribution in [1.29, 1.82) is 0 Å². The Morgan fingerprint density at radius 1 is 1.43 bits per heavy atom. The Bertz CT molecular complexity index is 356. The van der Waals surface area contributed by atoms with Gasteiger partial charge in [-0.1, -0.05) is 12.1 Å². The predicted molar refractivity (Wildman–Crippen MR) is 57.4 cm³/mol. The summed E-state index contributed by atoms with van der Waals surface area (Å²) in [5.74, 6) is -0.930. The molecule has 0 saturated heterocycles. The van der Waals surface area contributed by atoms with E-state index in [1.807, 2.05) is 43.3 Å². The van der Waals surface area contributed by atoms with Gasteiger partial charge in [0.2, 0.25) is 0 Å². The monoisotopic (exact) mass is 191 g/mol. The number of nitrogens with zero attached hydrogens (tertiary/aromatic N) is 1. The lowest BCUT2D eigenvalue weighted by atomic mass is 10.2. The number of hydrogen-bond donors (Lipinski definition) is 1. The van der Waals surface area contributed by atoms with Gasteiger partial charge in [-0.2, -0.15) is 0 Å². The van der Waals surface area contributed by atoms with E-state index in [9.17, 15) is 4.79 Å². The summed E-state index contributed by atoms with van der Waals surface area (Å²) in [6.45, 7) is 0. The van der Waals surface area contributed by atoms with Crippen molar-refractivity contribution < 1.29 is 9.90 Å². The number of anilines is 1. The van der Waals surface area contributed by atoms with Crippen LogP contribution < -0.4 is 4.90 Å². The third-order valence-electron chi connectivity index (χ3n) is 1.80. The van der Waals surface area contributed by atoms with Crippen molar-refractivity contribution in [2.45, 2.75) is 0 Å². The van der Waals surface area contributed by atoms with E-state index in [4.69, 9.17) is 5.11 Å². The zero-order chi connectivity index (χ0) is 10.6. The van der Waals surface area contributed by atoms with Crippen LogP contribution in [0.25, 0.3) is 6.08 Å². The van der Waals surface area contributed by atoms with Crippen LogP contribution in [0.15, 0.2) is 30.3 Å². The number of rotatable bonds is 3. The third-order valence-corrected chi connectivity index (χ3v) is 1.80. The zero-order valence-electron chi connectivity index (χ0n) is 8.27. The molecule has 0 aliphatic heterocycles. The molecule has 0 aromatic heterocycles. The second kappa shape index (κ2) is 4.46. The largest absolute Gasteiger partial charge is 0.478 e. The van der Waals surface area contributed by atoms with Gasteiger partial charge in [0.25, 0.3) is 0 Å². The van der Waals surface area contributed by atoms with Crippen LogP contribution in [0.4, 0.5) is 5.69 Å². The summed E-state index contributed by atoms with van der Waals surface area (Å²) < 4.78 is 0. The fourth-order valence-electron chi connectivity index (χ4n) is 1.07. The van der Waals surface area contributed by atoms with Crippen LogP contribution >= 0.6 is 0 Å². The highest BCUT2D eigenvalue weighted by Crippen LogP contribution is 2.14. The highest BCUT2D eigenvalue weighted by atomic mass is 16.4. The summed E-state index contributed by atoms with van der Waals surface area (Å²) in [6.07, 6.45) is 2.71. The van der Waals surface area contributed by atoms with E-state index >= 15 is 0 Å². The topological polar surface area (TPSA) is 40.5 Å². The van der Waals surface area contributed by atoms with Crippen molar-refractivity contribution in [1.82, 2.24) is 0 Å². The molecule has 14 heavy (non-hydrogen) atoms. The molecular weight excluding hydrogens is 178 g/mol. The van der Waals surface area contributed by atoms with Crippen LogP contribution in [0, 0.1) is 0 Å². The van der Waals surface area contributed by atoms with Crippen LogP contribution in [0.2, 0.25) is 0 Å². The van der Waals surface area contributed by atoms with E-state index < -0.39 is 5.97 Å². The van der Waals surface area contributed by atoms with Crippen molar-refractivity contribution in [3.05, 3.63) is 35.9 Å². The first-order chi connectivity index (χ1) is 6.59. The molecule has 0 bridgehead atoms. The maximum Gasteiger partial charge on any atom is 0.328 e. The van der Waals surface area contributed by atoms with Crippen molar-refractivity contribution in [3.8, 4) is 0 Å². The molecule has 0 unspecified atom stereocenters. The minimum Gasteiger partial charge on any atom is -0.478 e. The molecule has 3 nitrogen and oxygen atoms in total. The Labute approximate surface area is 83.3 Å². The molecule has 3 heteroatoms. The summed E-state index contributed by atoms with van der Waals surface area (Å²) in [5.41, 5.74) is 1.94. The van der Waals surface area contributed by atoms with E-state index in [1.54, 1.807) is 6.08 Å². The van der Waals surface area contributed by atoms with Gasteiger partial charge in [0.05, 0.1) is 0 Å². The lowest BCUT2D eigenvalue weighted by Gasteiger charge is -2.12. The molecule has 1 rings (SSSR count). The zero-order valence-corrected chi connectivity index (χ0v) is 8.27. The lowest BCUT2D eigenvalue weighted by molar-refractivity contribution is -0.131. The van der Waals surface area contributed by atoms with Gasteiger partial charge in [-0.3, -0.25) is 0 Å². The van der Waals surface area contributed by atoms with Gasteiger partial charge in [0, 0.05) is 25.9 Å². The standard InChI is InChI=1S/C11H13NO2/c1-12(2)10-5-3-4-9(8-10)6-7-11(13)14/h3-8H,1-2H3,(H,13,14). The molecule has 0 atom stereocenters. The number of carboxylic acids is 1. The van der Waals surface area contributed by atoms with Crippen LogP contribution in [0.3, 0.4) is 0 Å². The van der Waals surface area contributed by atoms with Gasteiger partial charge in [0.15, 0.2) is 0 Å². The molecule has 0 saturated carbocycles. The van der Waals surface area contributed by atoms with Crippen molar-refractivity contribution >= 4 is 17.7 Å². The van der Waals surface area contributed by atoms with Crippen LogP contribution in [-0.4, -0.2) is 25.2 Å². The maximum absolute atomic E-state index is 10.3. The number of aliphatic carboxylic acids is 1. The Balaban J connectivity index is 2.89. The molecule has 0 amide bonds. The number of benzene rings is 1. The van der Waals surface area contributed by atoms with E-state index in [0.717, 1.165) is 17.3 Å². The van der Waals surface area contributed by atoms with Crippen molar-refractivity contribution in [2.75, 3.05) is 19.0 Å². The molecule has 0 spiro atoms. The smallest absolute Gasteiger partial charge is 0.328 e. The second-order valence-electron chi connectivity index (χ2n) is 3.16. The van der Waals surface area contributed by atoms with Crippen molar-refractivity contribution in [3.63, 3.8) is 0 Å². The average molecular weight is 191 g/mol. The van der Waals surface area contributed by atoms with Gasteiger partial charge in [-0.05, 0) is 23.8 Å². The molecule has 1 aromatic carbocycles. The Morgan fingerprint density at radius 2 is 2.14 bits per heavy atom. The van der Waals surface area contributed by atoms with Gasteiger partial charge in [-0.15, -0.1) is 0 Å². The predicted octanol–water partition coefficient (Wildman–Crippen LogP) is 1.85. The molecule has 1 aromatic rings. The lowest BCUT2D eigenvalue weighted by Crippen LogP contribution is -2.08. The quantitative estimate of drug-likeness (QED) is 0.741. The van der Waals surface area contributed by atoms with E-state index in [2.05, 4.69) is 0 Å². The van der Waals surface area contributed by atoms with Gasteiger partial charge < -0.3 is 10.0 Å². The van der Waals surface area contributed by atoms with E-state index in [0.29, 0.717) is 0 Å². The first kappa shape index (κ1) is 10.3. The Hall–Kier alpha value is -1.77. The highest BCUT2D eigenvalue weighted by molar-refractivity contribution is 5.85. The van der Waals surface area contributed by atoms with Crippen LogP contribution in [0.1, 0.15) is 5.56 Å². The molecule has 0 heterocycles. The van der Waals surface area contributed by atoms with Gasteiger partial charge in [-0.25, -0.2) is 4.79 Å². The van der Waals surface area contributed by atoms with Gasteiger partial charge >= 0.3 is 5.97 Å². The maximum atomic E-state index is 10.3. The molecular formula is C11H13NO2.